The van der Waals surface area contributed by atoms with Crippen LogP contribution < -0.4 is 16.8 Å². The maximum absolute atomic E-state index is 14.3. The van der Waals surface area contributed by atoms with Crippen LogP contribution in [0.15, 0.2) is 16.9 Å². The number of hydrogen-bond donors (Lipinski definition) is 3. The fraction of sp³-hybridized carbons (Fsp3) is 0.750. The molecule has 0 aromatic rings. The highest BCUT2D eigenvalue weighted by Gasteiger charge is 2.53. The number of nitrogens with one attached hydrogen (secondary N) is 1. The predicted octanol–water partition coefficient (Wildman–Crippen LogP) is 2.46. The van der Waals surface area contributed by atoms with Crippen LogP contribution in [-0.4, -0.2) is 28.4 Å². The van der Waals surface area contributed by atoms with Gasteiger partial charge >= 0.3 is 0 Å². The molecule has 4 nitrogen and oxygen atoms in total. The lowest BCUT2D eigenvalue weighted by atomic mass is 9.78. The first-order chi connectivity index (χ1) is 10.9. The Hall–Kier alpha value is -0.720. The molecule has 6 atom stereocenters. The van der Waals surface area contributed by atoms with Crippen LogP contribution >= 0.6 is 23.8 Å². The number of fused-ring (bicyclic) bond motifs is 2. The van der Waals surface area contributed by atoms with Gasteiger partial charge in [-0.2, -0.15) is 0 Å². The van der Waals surface area contributed by atoms with Gasteiger partial charge in [-0.05, 0) is 49.6 Å². The average molecular weight is 359 g/mol. The van der Waals surface area contributed by atoms with Crippen molar-refractivity contribution < 1.29 is 4.39 Å². The van der Waals surface area contributed by atoms with E-state index in [2.05, 4.69) is 5.32 Å². The zero-order valence-corrected chi connectivity index (χ0v) is 14.8. The summed E-state index contributed by atoms with van der Waals surface area (Å²) in [4.78, 5) is 4.51. The summed E-state index contributed by atoms with van der Waals surface area (Å²) >= 11 is 11.7. The van der Waals surface area contributed by atoms with Crippen LogP contribution in [-0.2, 0) is 0 Å². The van der Waals surface area contributed by atoms with Crippen LogP contribution in [0.4, 0.5) is 4.39 Å². The molecule has 2 fully saturated rings. The highest BCUT2D eigenvalue weighted by molar-refractivity contribution is 7.80. The van der Waals surface area contributed by atoms with E-state index in [1.165, 1.54) is 6.08 Å². The minimum Gasteiger partial charge on any atom is -0.393 e. The third-order valence-electron chi connectivity index (χ3n) is 5.74. The number of nitrogens with zero attached hydrogens (tertiary/aromatic N) is 1. The van der Waals surface area contributed by atoms with Gasteiger partial charge in [-0.1, -0.05) is 30.7 Å². The minimum atomic E-state index is -0.669. The number of nitrogens with two attached hydrogens (primary N) is 2. The van der Waals surface area contributed by atoms with Gasteiger partial charge in [0.25, 0.3) is 0 Å². The molecule has 0 aromatic heterocycles. The van der Waals surface area contributed by atoms with Crippen molar-refractivity contribution in [2.75, 3.05) is 6.54 Å². The smallest absolute Gasteiger partial charge is 0.161 e. The van der Waals surface area contributed by atoms with Crippen LogP contribution in [0.1, 0.15) is 32.6 Å². The lowest BCUT2D eigenvalue weighted by molar-refractivity contribution is 0.270. The Kier molecular flexibility index (Phi) is 4.69. The molecule has 128 valence electrons. The fourth-order valence-corrected chi connectivity index (χ4v) is 4.95. The summed E-state index contributed by atoms with van der Waals surface area (Å²) < 4.78 is 14.3. The molecule has 3 rings (SSSR count). The summed E-state index contributed by atoms with van der Waals surface area (Å²) in [7, 11) is 0. The molecule has 2 saturated carbocycles. The van der Waals surface area contributed by atoms with E-state index in [0.717, 1.165) is 12.8 Å². The second-order valence-electron chi connectivity index (χ2n) is 6.99. The molecule has 0 aromatic carbocycles. The van der Waals surface area contributed by atoms with E-state index in [4.69, 9.17) is 40.3 Å². The van der Waals surface area contributed by atoms with E-state index >= 15 is 0 Å². The van der Waals surface area contributed by atoms with Crippen molar-refractivity contribution in [1.29, 1.82) is 0 Å². The molecular weight excluding hydrogens is 335 g/mol. The van der Waals surface area contributed by atoms with Crippen molar-refractivity contribution in [1.82, 2.24) is 5.32 Å². The molecule has 0 radical (unpaired) electrons. The van der Waals surface area contributed by atoms with Crippen LogP contribution in [0.5, 0.6) is 0 Å². The van der Waals surface area contributed by atoms with Gasteiger partial charge in [0.2, 0.25) is 0 Å². The maximum atomic E-state index is 14.3. The van der Waals surface area contributed by atoms with E-state index in [9.17, 15) is 4.39 Å². The van der Waals surface area contributed by atoms with Crippen molar-refractivity contribution in [2.45, 2.75) is 43.6 Å². The normalized spacial score (nSPS) is 44.3. The number of amidine groups is 1. The average Bonchev–Trinajstić information content (AvgIpc) is 3.08. The summed E-state index contributed by atoms with van der Waals surface area (Å²) in [5.41, 5.74) is 11.9. The van der Waals surface area contributed by atoms with E-state index in [0.29, 0.717) is 42.1 Å². The topological polar surface area (TPSA) is 76.4 Å². The van der Waals surface area contributed by atoms with Crippen molar-refractivity contribution in [3.63, 3.8) is 0 Å². The molecule has 1 heterocycles. The molecule has 7 heteroatoms. The molecule has 1 aliphatic heterocycles. The molecule has 23 heavy (non-hydrogen) atoms. The molecule has 2 bridgehead atoms. The first-order valence-electron chi connectivity index (χ1n) is 8.29. The lowest BCUT2D eigenvalue weighted by Crippen LogP contribution is -2.48. The van der Waals surface area contributed by atoms with Crippen LogP contribution in [0.25, 0.3) is 0 Å². The Morgan fingerprint density at radius 2 is 2.30 bits per heavy atom. The quantitative estimate of drug-likeness (QED) is 0.410. The number of rotatable bonds is 4. The van der Waals surface area contributed by atoms with Gasteiger partial charge in [-0.15, -0.1) is 0 Å². The Balaban J connectivity index is 1.91. The third-order valence-corrected chi connectivity index (χ3v) is 6.53. The highest BCUT2D eigenvalue weighted by Crippen LogP contribution is 2.53. The van der Waals surface area contributed by atoms with Gasteiger partial charge in [0, 0.05) is 12.3 Å². The molecule has 2 aliphatic carbocycles. The number of hydrogen-bond acceptors (Lipinski definition) is 3. The highest BCUT2D eigenvalue weighted by atomic mass is 35.5. The lowest BCUT2D eigenvalue weighted by Gasteiger charge is -2.35. The van der Waals surface area contributed by atoms with Gasteiger partial charge in [-0.25, -0.2) is 4.39 Å². The summed E-state index contributed by atoms with van der Waals surface area (Å²) in [5.74, 6) is 1.09. The zero-order valence-electron chi connectivity index (χ0n) is 13.3. The minimum absolute atomic E-state index is 0.0354. The molecule has 0 amide bonds. The molecule has 3 unspecified atom stereocenters. The Morgan fingerprint density at radius 3 is 2.91 bits per heavy atom. The van der Waals surface area contributed by atoms with Crippen LogP contribution in [0.3, 0.4) is 0 Å². The van der Waals surface area contributed by atoms with Crippen molar-refractivity contribution >= 4 is 34.6 Å². The second kappa shape index (κ2) is 6.30. The number of halogens is 2. The Morgan fingerprint density at radius 1 is 1.57 bits per heavy atom. The number of thiocarbonyl (C=S) groups is 1. The van der Waals surface area contributed by atoms with Gasteiger partial charge in [0.15, 0.2) is 11.7 Å². The standard InChI is InChI=1S/C16H24ClFN4S/c1-2-16(17)4-3-11(18)15(22-16)21-13-10-6-8(5-9(10)7-19)12(13)14(20)23/h3,8-10,12-13H,2,4-7,19H2,1H3,(H2,20,23)(H,21,22)/t8-,9+,10-,12?,13?,16?/m1/s1. The Bertz CT molecular complexity index is 566. The molecule has 5 N–H and O–H groups in total. The van der Waals surface area contributed by atoms with Crippen molar-refractivity contribution in [3.8, 4) is 0 Å². The predicted molar refractivity (Wildman–Crippen MR) is 96.1 cm³/mol. The van der Waals surface area contributed by atoms with Gasteiger partial charge in [0.1, 0.15) is 5.00 Å². The van der Waals surface area contributed by atoms with Crippen molar-refractivity contribution in [2.24, 2.45) is 40.1 Å². The largest absolute Gasteiger partial charge is 0.393 e. The summed E-state index contributed by atoms with van der Waals surface area (Å²) in [6, 6.07) is -0.0997. The van der Waals surface area contributed by atoms with Gasteiger partial charge in [0.05, 0.1) is 11.0 Å². The van der Waals surface area contributed by atoms with E-state index in [1.807, 2.05) is 6.92 Å². The molecule has 0 saturated heterocycles. The van der Waals surface area contributed by atoms with Gasteiger partial charge < -0.3 is 16.8 Å². The van der Waals surface area contributed by atoms with E-state index in [1.54, 1.807) is 0 Å². The number of alkyl halides is 1. The number of aliphatic imine (C=N–C) groups is 1. The van der Waals surface area contributed by atoms with Crippen LogP contribution in [0.2, 0.25) is 0 Å². The molecule has 3 aliphatic rings. The SMILES string of the molecule is CCC1(Cl)CC=C(F)C(=NC2C(C(N)=S)[C@@H]3C[C@@H](CN)[C@H]2C3)N1. The molecule has 0 spiro atoms. The third kappa shape index (κ3) is 3.01. The second-order valence-corrected chi connectivity index (χ2v) is 8.18. The Labute approximate surface area is 146 Å². The molecular formula is C16H24ClFN4S. The van der Waals surface area contributed by atoms with E-state index in [-0.39, 0.29) is 23.6 Å². The van der Waals surface area contributed by atoms with Crippen molar-refractivity contribution in [3.05, 3.63) is 11.9 Å². The zero-order chi connectivity index (χ0) is 16.8. The maximum Gasteiger partial charge on any atom is 0.161 e. The fourth-order valence-electron chi connectivity index (χ4n) is 4.45. The monoisotopic (exact) mass is 358 g/mol. The summed E-state index contributed by atoms with van der Waals surface area (Å²) in [6.07, 6.45) is 4.70. The van der Waals surface area contributed by atoms with E-state index < -0.39 is 5.00 Å². The first-order valence-corrected chi connectivity index (χ1v) is 9.07. The summed E-state index contributed by atoms with van der Waals surface area (Å²) in [5, 5.41) is 3.06. The first kappa shape index (κ1) is 17.1. The van der Waals surface area contributed by atoms with Gasteiger partial charge in [-0.3, -0.25) is 4.99 Å². The van der Waals surface area contributed by atoms with Crippen LogP contribution in [0, 0.1) is 23.7 Å². The summed E-state index contributed by atoms with van der Waals surface area (Å²) in [6.45, 7) is 2.60.